The number of likely N-dealkylation sites (tertiary alicyclic amines) is 1. The Morgan fingerprint density at radius 3 is 2.75 bits per heavy atom. The van der Waals surface area contributed by atoms with Crippen molar-refractivity contribution >= 4 is 27.3 Å². The molecule has 2 rings (SSSR count). The van der Waals surface area contributed by atoms with E-state index in [2.05, 4.69) is 6.92 Å². The Balaban J connectivity index is 2.04. The van der Waals surface area contributed by atoms with Crippen LogP contribution in [0.1, 0.15) is 39.0 Å². The summed E-state index contributed by atoms with van der Waals surface area (Å²) in [7, 11) is -2.08. The first-order valence-electron chi connectivity index (χ1n) is 8.24. The monoisotopic (exact) mass is 373 g/mol. The lowest BCUT2D eigenvalue weighted by Crippen LogP contribution is -2.43. The van der Waals surface area contributed by atoms with Gasteiger partial charge in [0.15, 0.2) is 9.84 Å². The Morgan fingerprint density at radius 2 is 2.12 bits per heavy atom. The molecule has 0 aromatic heterocycles. The lowest BCUT2D eigenvalue weighted by atomic mass is 10.00. The Kier molecular flexibility index (Phi) is 6.52. The molecule has 1 atom stereocenters. The summed E-state index contributed by atoms with van der Waals surface area (Å²) in [6.07, 6.45) is 4.03. The average molecular weight is 374 g/mol. The summed E-state index contributed by atoms with van der Waals surface area (Å²) in [6.45, 7) is 2.79. The maximum absolute atomic E-state index is 12.5. The molecule has 7 heteroatoms. The summed E-state index contributed by atoms with van der Waals surface area (Å²) in [4.78, 5) is 14.4. The van der Waals surface area contributed by atoms with Crippen molar-refractivity contribution in [2.75, 3.05) is 19.4 Å². The molecule has 24 heavy (non-hydrogen) atoms. The highest BCUT2D eigenvalue weighted by atomic mass is 35.5. The van der Waals surface area contributed by atoms with Crippen LogP contribution in [0.25, 0.3) is 0 Å². The summed E-state index contributed by atoms with van der Waals surface area (Å²) >= 11 is 5.99. The third-order valence-electron chi connectivity index (χ3n) is 4.49. The molecule has 1 aromatic rings. The fraction of sp³-hybridized carbons (Fsp3) is 0.588. The number of benzene rings is 1. The van der Waals surface area contributed by atoms with Crippen LogP contribution in [0.2, 0.25) is 5.02 Å². The smallest absolute Gasteiger partial charge is 0.223 e. The molecule has 1 saturated heterocycles. The number of hydrogen-bond acceptors (Lipinski definition) is 4. The molecular formula is C17H24ClNO4S. The van der Waals surface area contributed by atoms with Crippen LogP contribution in [0.15, 0.2) is 23.1 Å². The van der Waals surface area contributed by atoms with Crippen LogP contribution in [-0.2, 0) is 14.6 Å². The van der Waals surface area contributed by atoms with Crippen molar-refractivity contribution in [3.63, 3.8) is 0 Å². The Morgan fingerprint density at radius 1 is 1.38 bits per heavy atom. The van der Waals surface area contributed by atoms with Gasteiger partial charge in [0.1, 0.15) is 5.75 Å². The summed E-state index contributed by atoms with van der Waals surface area (Å²) in [5, 5.41) is 0.243. The van der Waals surface area contributed by atoms with E-state index in [4.69, 9.17) is 16.3 Å². The predicted molar refractivity (Wildman–Crippen MR) is 94.3 cm³/mol. The van der Waals surface area contributed by atoms with Crippen molar-refractivity contribution in [1.29, 1.82) is 0 Å². The molecule has 0 aliphatic carbocycles. The highest BCUT2D eigenvalue weighted by molar-refractivity contribution is 7.91. The van der Waals surface area contributed by atoms with Crippen LogP contribution in [-0.4, -0.2) is 44.7 Å². The van der Waals surface area contributed by atoms with Gasteiger partial charge in [-0.1, -0.05) is 18.5 Å². The second-order valence-electron chi connectivity index (χ2n) is 6.01. The minimum Gasteiger partial charge on any atom is -0.495 e. The van der Waals surface area contributed by atoms with E-state index < -0.39 is 9.84 Å². The molecule has 0 bridgehead atoms. The summed E-state index contributed by atoms with van der Waals surface area (Å²) in [6, 6.07) is 4.59. The lowest BCUT2D eigenvalue weighted by molar-refractivity contribution is -0.134. The number of amides is 1. The van der Waals surface area contributed by atoms with Crippen molar-refractivity contribution < 1.29 is 17.9 Å². The molecule has 1 fully saturated rings. The van der Waals surface area contributed by atoms with Crippen LogP contribution in [0.5, 0.6) is 5.75 Å². The minimum atomic E-state index is -3.55. The number of ether oxygens (including phenoxy) is 1. The van der Waals surface area contributed by atoms with Crippen molar-refractivity contribution in [1.82, 2.24) is 4.90 Å². The van der Waals surface area contributed by atoms with Gasteiger partial charge in [-0.25, -0.2) is 8.42 Å². The van der Waals surface area contributed by atoms with Crippen molar-refractivity contribution in [2.24, 2.45) is 0 Å². The van der Waals surface area contributed by atoms with Gasteiger partial charge >= 0.3 is 0 Å². The number of sulfone groups is 1. The normalized spacial score (nSPS) is 18.5. The fourth-order valence-electron chi connectivity index (χ4n) is 3.08. The number of carbonyl (C=O) groups excluding carboxylic acids is 1. The Labute approximate surface area is 148 Å². The summed E-state index contributed by atoms with van der Waals surface area (Å²) < 4.78 is 29.9. The molecule has 5 nitrogen and oxygen atoms in total. The molecular weight excluding hydrogens is 350 g/mol. The van der Waals surface area contributed by atoms with Crippen molar-refractivity contribution in [2.45, 2.75) is 50.0 Å². The molecule has 0 spiro atoms. The molecule has 1 aliphatic heterocycles. The van der Waals surface area contributed by atoms with E-state index in [1.807, 2.05) is 4.90 Å². The SMILES string of the molecule is CCC1CCCCN1C(=O)CCS(=O)(=O)c1ccc(OC)c(Cl)c1. The van der Waals surface area contributed by atoms with Crippen molar-refractivity contribution in [3.8, 4) is 5.75 Å². The van der Waals surface area contributed by atoms with E-state index in [1.165, 1.54) is 25.3 Å². The minimum absolute atomic E-state index is 0.00246. The van der Waals surface area contributed by atoms with Crippen LogP contribution in [0.4, 0.5) is 0 Å². The zero-order chi connectivity index (χ0) is 17.7. The third-order valence-corrected chi connectivity index (χ3v) is 6.49. The quantitative estimate of drug-likeness (QED) is 0.767. The van der Waals surface area contributed by atoms with Gasteiger partial charge in [0.25, 0.3) is 0 Å². The first kappa shape index (κ1) is 19.1. The number of carbonyl (C=O) groups is 1. The zero-order valence-corrected chi connectivity index (χ0v) is 15.7. The molecule has 1 amide bonds. The van der Waals surface area contributed by atoms with Crippen LogP contribution >= 0.6 is 11.6 Å². The topological polar surface area (TPSA) is 63.7 Å². The van der Waals surface area contributed by atoms with Gasteiger partial charge in [0, 0.05) is 19.0 Å². The Bertz CT molecular complexity index is 690. The fourth-order valence-corrected chi connectivity index (χ4v) is 4.65. The van der Waals surface area contributed by atoms with Crippen LogP contribution in [0, 0.1) is 0 Å². The van der Waals surface area contributed by atoms with E-state index in [1.54, 1.807) is 0 Å². The molecule has 1 aliphatic rings. The lowest BCUT2D eigenvalue weighted by Gasteiger charge is -2.35. The van der Waals surface area contributed by atoms with Gasteiger partial charge < -0.3 is 9.64 Å². The number of piperidine rings is 1. The zero-order valence-electron chi connectivity index (χ0n) is 14.1. The van der Waals surface area contributed by atoms with Gasteiger partial charge in [-0.15, -0.1) is 0 Å². The molecule has 1 aromatic carbocycles. The number of methoxy groups -OCH3 is 1. The van der Waals surface area contributed by atoms with Gasteiger partial charge in [0.2, 0.25) is 5.91 Å². The molecule has 0 saturated carbocycles. The van der Waals surface area contributed by atoms with Crippen LogP contribution < -0.4 is 4.74 Å². The largest absolute Gasteiger partial charge is 0.495 e. The van der Waals surface area contributed by atoms with E-state index in [0.717, 1.165) is 32.2 Å². The maximum atomic E-state index is 12.5. The average Bonchev–Trinajstić information content (AvgIpc) is 2.59. The second-order valence-corrected chi connectivity index (χ2v) is 8.53. The first-order valence-corrected chi connectivity index (χ1v) is 10.3. The second kappa shape index (κ2) is 8.21. The van der Waals surface area contributed by atoms with Crippen LogP contribution in [0.3, 0.4) is 0 Å². The molecule has 0 radical (unpaired) electrons. The maximum Gasteiger partial charge on any atom is 0.223 e. The van der Waals surface area contributed by atoms with Gasteiger partial charge in [-0.2, -0.15) is 0 Å². The highest BCUT2D eigenvalue weighted by Gasteiger charge is 2.26. The van der Waals surface area contributed by atoms with Gasteiger partial charge in [0.05, 0.1) is 22.8 Å². The summed E-state index contributed by atoms with van der Waals surface area (Å²) in [5.41, 5.74) is 0. The highest BCUT2D eigenvalue weighted by Crippen LogP contribution is 2.28. The van der Waals surface area contributed by atoms with Crippen molar-refractivity contribution in [3.05, 3.63) is 23.2 Å². The Hall–Kier alpha value is -1.27. The third kappa shape index (κ3) is 4.42. The molecule has 134 valence electrons. The molecule has 0 N–H and O–H groups in total. The number of halogens is 1. The van der Waals surface area contributed by atoms with Gasteiger partial charge in [-0.3, -0.25) is 4.79 Å². The number of rotatable bonds is 6. The standard InChI is InChI=1S/C17H24ClNO4S/c1-3-13-6-4-5-10-19(13)17(20)9-11-24(21,22)14-7-8-16(23-2)15(18)12-14/h7-8,12-13H,3-6,9-11H2,1-2H3. The number of hydrogen-bond donors (Lipinski definition) is 0. The van der Waals surface area contributed by atoms with Gasteiger partial charge in [-0.05, 0) is 43.9 Å². The first-order chi connectivity index (χ1) is 11.4. The van der Waals surface area contributed by atoms with E-state index in [-0.39, 0.29) is 34.0 Å². The molecule has 1 heterocycles. The van der Waals surface area contributed by atoms with E-state index in [9.17, 15) is 13.2 Å². The van der Waals surface area contributed by atoms with E-state index in [0.29, 0.717) is 5.75 Å². The summed E-state index contributed by atoms with van der Waals surface area (Å²) in [5.74, 6) is 0.136. The molecule has 1 unspecified atom stereocenters. The predicted octanol–water partition coefficient (Wildman–Crippen LogP) is 3.30. The number of nitrogens with zero attached hydrogens (tertiary/aromatic N) is 1. The van der Waals surface area contributed by atoms with E-state index >= 15 is 0 Å².